The van der Waals surface area contributed by atoms with Crippen molar-refractivity contribution in [2.75, 3.05) is 26.7 Å². The molecule has 2 aromatic carbocycles. The Morgan fingerprint density at radius 2 is 1.87 bits per heavy atom. The quantitative estimate of drug-likeness (QED) is 0.522. The van der Waals surface area contributed by atoms with E-state index in [-0.39, 0.29) is 11.9 Å². The second-order valence-corrected chi connectivity index (χ2v) is 8.40. The molecule has 1 atom stereocenters. The summed E-state index contributed by atoms with van der Waals surface area (Å²) in [6.45, 7) is 2.83. The van der Waals surface area contributed by atoms with Crippen LogP contribution in [0.15, 0.2) is 54.7 Å². The van der Waals surface area contributed by atoms with E-state index in [0.29, 0.717) is 13.0 Å². The van der Waals surface area contributed by atoms with Crippen LogP contribution in [0.25, 0.3) is 10.9 Å². The number of aromatic amines is 1. The lowest BCUT2D eigenvalue weighted by Crippen LogP contribution is -2.40. The van der Waals surface area contributed by atoms with E-state index in [1.54, 1.807) is 7.11 Å². The van der Waals surface area contributed by atoms with Crippen molar-refractivity contribution in [1.29, 1.82) is 0 Å². The van der Waals surface area contributed by atoms with E-state index in [9.17, 15) is 4.79 Å². The molecular formula is C26H33N3O2. The van der Waals surface area contributed by atoms with Gasteiger partial charge in [-0.15, -0.1) is 0 Å². The van der Waals surface area contributed by atoms with Crippen LogP contribution in [0, 0.1) is 0 Å². The monoisotopic (exact) mass is 419 g/mol. The third-order valence-corrected chi connectivity index (χ3v) is 6.35. The molecule has 0 spiro atoms. The summed E-state index contributed by atoms with van der Waals surface area (Å²) in [4.78, 5) is 18.4. The maximum atomic E-state index is 12.6. The molecule has 1 fully saturated rings. The number of H-pyrrole nitrogens is 1. The van der Waals surface area contributed by atoms with Gasteiger partial charge in [0.05, 0.1) is 13.2 Å². The minimum absolute atomic E-state index is 0.135. The Morgan fingerprint density at radius 3 is 2.65 bits per heavy atom. The number of para-hydroxylation sites is 1. The number of aromatic nitrogens is 1. The van der Waals surface area contributed by atoms with Crippen molar-refractivity contribution in [1.82, 2.24) is 15.2 Å². The van der Waals surface area contributed by atoms with Gasteiger partial charge in [0.2, 0.25) is 5.91 Å². The number of rotatable bonds is 9. The number of ether oxygens (including phenoxy) is 1. The van der Waals surface area contributed by atoms with E-state index in [1.807, 2.05) is 18.2 Å². The highest BCUT2D eigenvalue weighted by Gasteiger charge is 2.23. The van der Waals surface area contributed by atoms with Crippen LogP contribution in [0.2, 0.25) is 0 Å². The molecule has 1 aliphatic heterocycles. The van der Waals surface area contributed by atoms with Crippen LogP contribution in [-0.4, -0.2) is 42.5 Å². The Kier molecular flexibility index (Phi) is 7.26. The van der Waals surface area contributed by atoms with Crippen molar-refractivity contribution in [2.24, 2.45) is 0 Å². The highest BCUT2D eigenvalue weighted by Crippen LogP contribution is 2.26. The molecule has 2 heterocycles. The summed E-state index contributed by atoms with van der Waals surface area (Å²) in [5.74, 6) is 0.998. The molecule has 2 N–H and O–H groups in total. The van der Waals surface area contributed by atoms with E-state index in [1.165, 1.54) is 35.8 Å². The first-order chi connectivity index (χ1) is 15.2. The van der Waals surface area contributed by atoms with Gasteiger partial charge in [0.1, 0.15) is 5.75 Å². The average Bonchev–Trinajstić information content (AvgIpc) is 3.23. The van der Waals surface area contributed by atoms with Gasteiger partial charge >= 0.3 is 0 Å². The molecule has 1 saturated heterocycles. The van der Waals surface area contributed by atoms with Crippen LogP contribution < -0.4 is 10.1 Å². The molecule has 3 aromatic rings. The van der Waals surface area contributed by atoms with Crippen LogP contribution in [0.4, 0.5) is 0 Å². The first-order valence-electron chi connectivity index (χ1n) is 11.4. The molecule has 5 heteroatoms. The van der Waals surface area contributed by atoms with Crippen molar-refractivity contribution in [3.63, 3.8) is 0 Å². The predicted octanol–water partition coefficient (Wildman–Crippen LogP) is 4.84. The molecule has 164 valence electrons. The highest BCUT2D eigenvalue weighted by atomic mass is 16.5. The van der Waals surface area contributed by atoms with Crippen LogP contribution in [0.5, 0.6) is 5.75 Å². The first kappa shape index (κ1) is 21.4. The van der Waals surface area contributed by atoms with Gasteiger partial charge in [0, 0.05) is 30.1 Å². The van der Waals surface area contributed by atoms with Crippen molar-refractivity contribution < 1.29 is 9.53 Å². The van der Waals surface area contributed by atoms with Crippen LogP contribution in [-0.2, 0) is 11.2 Å². The molecule has 31 heavy (non-hydrogen) atoms. The molecule has 0 aliphatic carbocycles. The van der Waals surface area contributed by atoms with Crippen LogP contribution in [0.1, 0.15) is 49.3 Å². The summed E-state index contributed by atoms with van der Waals surface area (Å²) in [5.41, 5.74) is 3.68. The van der Waals surface area contributed by atoms with Crippen molar-refractivity contribution in [2.45, 2.75) is 44.6 Å². The Morgan fingerprint density at radius 1 is 1.10 bits per heavy atom. The molecule has 0 radical (unpaired) electrons. The highest BCUT2D eigenvalue weighted by molar-refractivity contribution is 5.83. The molecule has 1 unspecified atom stereocenters. The fourth-order valence-corrected chi connectivity index (χ4v) is 4.59. The second-order valence-electron chi connectivity index (χ2n) is 8.40. The van der Waals surface area contributed by atoms with Crippen LogP contribution >= 0.6 is 0 Å². The largest absolute Gasteiger partial charge is 0.497 e. The number of benzene rings is 2. The Bertz CT molecular complexity index is 974. The number of amides is 1. The second kappa shape index (κ2) is 10.5. The van der Waals surface area contributed by atoms with E-state index < -0.39 is 0 Å². The molecule has 0 bridgehead atoms. The van der Waals surface area contributed by atoms with Gasteiger partial charge in [-0.05, 0) is 68.1 Å². The normalized spacial score (nSPS) is 15.6. The zero-order chi connectivity index (χ0) is 21.5. The van der Waals surface area contributed by atoms with Crippen molar-refractivity contribution in [3.8, 4) is 5.75 Å². The molecule has 1 aliphatic rings. The van der Waals surface area contributed by atoms with Gasteiger partial charge in [-0.3, -0.25) is 9.69 Å². The molecular weight excluding hydrogens is 386 g/mol. The minimum Gasteiger partial charge on any atom is -0.497 e. The Labute approximate surface area is 184 Å². The number of fused-ring (bicyclic) bond motifs is 1. The van der Waals surface area contributed by atoms with Crippen molar-refractivity contribution >= 4 is 16.8 Å². The lowest BCUT2D eigenvalue weighted by atomic mass is 10.0. The lowest BCUT2D eigenvalue weighted by Gasteiger charge is -2.35. The van der Waals surface area contributed by atoms with E-state index in [0.717, 1.165) is 37.2 Å². The number of carbonyl (C=O) groups is 1. The zero-order valence-electron chi connectivity index (χ0n) is 18.4. The van der Waals surface area contributed by atoms with Gasteiger partial charge in [0.25, 0.3) is 0 Å². The van der Waals surface area contributed by atoms with E-state index >= 15 is 0 Å². The number of hydrogen-bond acceptors (Lipinski definition) is 3. The molecule has 4 rings (SSSR count). The molecule has 5 nitrogen and oxygen atoms in total. The number of aryl methyl sites for hydroxylation is 1. The van der Waals surface area contributed by atoms with Gasteiger partial charge in [-0.1, -0.05) is 36.8 Å². The Hall–Kier alpha value is -2.79. The first-order valence-corrected chi connectivity index (χ1v) is 11.4. The number of piperidine rings is 1. The van der Waals surface area contributed by atoms with Gasteiger partial charge in [0.15, 0.2) is 0 Å². The third-order valence-electron chi connectivity index (χ3n) is 6.35. The maximum absolute atomic E-state index is 12.6. The number of hydrogen-bond donors (Lipinski definition) is 2. The van der Waals surface area contributed by atoms with Crippen molar-refractivity contribution in [3.05, 3.63) is 65.9 Å². The lowest BCUT2D eigenvalue weighted by molar-refractivity contribution is -0.121. The van der Waals surface area contributed by atoms with E-state index in [2.05, 4.69) is 51.7 Å². The van der Waals surface area contributed by atoms with E-state index in [4.69, 9.17) is 4.74 Å². The summed E-state index contributed by atoms with van der Waals surface area (Å²) in [5, 5.41) is 4.46. The molecule has 1 aromatic heterocycles. The van der Waals surface area contributed by atoms with Gasteiger partial charge < -0.3 is 15.0 Å². The Balaban J connectivity index is 1.32. The number of methoxy groups -OCH3 is 1. The number of nitrogens with one attached hydrogen (secondary N) is 2. The number of likely N-dealkylation sites (tertiary alicyclic amines) is 1. The summed E-state index contributed by atoms with van der Waals surface area (Å²) in [6.07, 6.45) is 8.13. The molecule has 0 saturated carbocycles. The molecule has 1 amide bonds. The van der Waals surface area contributed by atoms with Gasteiger partial charge in [-0.25, -0.2) is 0 Å². The third kappa shape index (κ3) is 5.47. The zero-order valence-corrected chi connectivity index (χ0v) is 18.4. The average molecular weight is 420 g/mol. The topological polar surface area (TPSA) is 57.4 Å². The number of nitrogens with zero attached hydrogens (tertiary/aromatic N) is 1. The predicted molar refractivity (Wildman–Crippen MR) is 125 cm³/mol. The summed E-state index contributed by atoms with van der Waals surface area (Å²) in [7, 11) is 1.69. The maximum Gasteiger partial charge on any atom is 0.220 e. The standard InChI is InChI=1S/C26H33N3O2/c1-31-22-14-12-20(13-15-22)25(29-16-5-2-6-17-29)19-28-26(30)11-7-8-21-18-27-24-10-4-3-9-23(21)24/h3-4,9-10,12-15,18,25,27H,2,5-8,11,16-17,19H2,1H3,(H,28,30). The summed E-state index contributed by atoms with van der Waals surface area (Å²) < 4.78 is 5.31. The smallest absolute Gasteiger partial charge is 0.220 e. The fraction of sp³-hybridized carbons (Fsp3) is 0.423. The van der Waals surface area contributed by atoms with Crippen LogP contribution in [0.3, 0.4) is 0 Å². The minimum atomic E-state index is 0.135. The number of carbonyl (C=O) groups excluding carboxylic acids is 1. The summed E-state index contributed by atoms with van der Waals surface area (Å²) >= 11 is 0. The van der Waals surface area contributed by atoms with Gasteiger partial charge in [-0.2, -0.15) is 0 Å². The fourth-order valence-electron chi connectivity index (χ4n) is 4.59. The SMILES string of the molecule is COc1ccc(C(CNC(=O)CCCc2c[nH]c3ccccc23)N2CCCCC2)cc1. The summed E-state index contributed by atoms with van der Waals surface area (Å²) in [6, 6.07) is 16.8.